The number of benzene rings is 1. The van der Waals surface area contributed by atoms with Gasteiger partial charge in [-0.05, 0) is 55.9 Å². The van der Waals surface area contributed by atoms with Crippen LogP contribution in [0.15, 0.2) is 24.3 Å². The van der Waals surface area contributed by atoms with Crippen LogP contribution in [0, 0.1) is 17.2 Å². The van der Waals surface area contributed by atoms with E-state index < -0.39 is 5.54 Å². The minimum absolute atomic E-state index is 0.273. The summed E-state index contributed by atoms with van der Waals surface area (Å²) in [5, 5.41) is 12.6. The highest BCUT2D eigenvalue weighted by Gasteiger charge is 2.44. The summed E-state index contributed by atoms with van der Waals surface area (Å²) in [5.41, 5.74) is 1.12. The first-order valence-electron chi connectivity index (χ1n) is 11.0. The monoisotopic (exact) mass is 380 g/mol. The first kappa shape index (κ1) is 19.3. The molecular weight excluding hydrogens is 348 g/mol. The average Bonchev–Trinajstić information content (AvgIpc) is 3.41. The molecule has 1 N–H and O–H groups in total. The van der Waals surface area contributed by atoms with Crippen LogP contribution in [0.1, 0.15) is 56.9 Å². The zero-order valence-corrected chi connectivity index (χ0v) is 16.8. The number of hydrogen-bond donors (Lipinski definition) is 1. The van der Waals surface area contributed by atoms with Crippen molar-refractivity contribution in [2.75, 3.05) is 38.0 Å². The third kappa shape index (κ3) is 4.17. The molecule has 1 heterocycles. The standard InChI is InChI=1S/C23H32N4O/c24-17-19-7-9-21(10-8-19)25-23(11-3-4-12-23)22(28)27-15-13-26(14-16-27)18-20-5-1-2-6-20/h7-10,20,25H,1-6,11-16,18H2. The third-order valence-electron chi connectivity index (χ3n) is 6.91. The van der Waals surface area contributed by atoms with Crippen molar-refractivity contribution in [2.24, 2.45) is 5.92 Å². The molecule has 28 heavy (non-hydrogen) atoms. The van der Waals surface area contributed by atoms with Crippen molar-refractivity contribution in [3.05, 3.63) is 29.8 Å². The molecule has 0 radical (unpaired) electrons. The molecule has 1 aromatic rings. The molecule has 4 rings (SSSR count). The van der Waals surface area contributed by atoms with Gasteiger partial charge in [-0.2, -0.15) is 5.26 Å². The van der Waals surface area contributed by atoms with E-state index in [4.69, 9.17) is 5.26 Å². The van der Waals surface area contributed by atoms with Gasteiger partial charge in [0, 0.05) is 38.4 Å². The SMILES string of the molecule is N#Cc1ccc(NC2(C(=O)N3CCN(CC4CCCC4)CC3)CCCC2)cc1. The highest BCUT2D eigenvalue weighted by Crippen LogP contribution is 2.35. The first-order chi connectivity index (χ1) is 13.7. The van der Waals surface area contributed by atoms with Gasteiger partial charge in [-0.3, -0.25) is 9.69 Å². The van der Waals surface area contributed by atoms with E-state index in [0.717, 1.165) is 63.5 Å². The molecule has 1 saturated heterocycles. The van der Waals surface area contributed by atoms with Gasteiger partial charge in [-0.1, -0.05) is 25.7 Å². The molecule has 0 bridgehead atoms. The number of nitrogens with zero attached hydrogens (tertiary/aromatic N) is 3. The molecule has 1 aliphatic heterocycles. The number of piperazine rings is 1. The minimum Gasteiger partial charge on any atom is -0.371 e. The lowest BCUT2D eigenvalue weighted by molar-refractivity contribution is -0.137. The summed E-state index contributed by atoms with van der Waals surface area (Å²) in [6.45, 7) is 4.94. The quantitative estimate of drug-likeness (QED) is 0.848. The normalized spacial score (nSPS) is 22.9. The van der Waals surface area contributed by atoms with Gasteiger partial charge in [0.2, 0.25) is 5.91 Å². The van der Waals surface area contributed by atoms with Crippen LogP contribution in [0.5, 0.6) is 0 Å². The lowest BCUT2D eigenvalue weighted by Crippen LogP contribution is -2.58. The molecule has 0 spiro atoms. The summed E-state index contributed by atoms with van der Waals surface area (Å²) in [5.74, 6) is 1.15. The van der Waals surface area contributed by atoms with Crippen molar-refractivity contribution in [3.63, 3.8) is 0 Å². The Morgan fingerprint density at radius 3 is 2.29 bits per heavy atom. The second-order valence-electron chi connectivity index (χ2n) is 8.85. The molecule has 5 heteroatoms. The Bertz CT molecular complexity index is 703. The van der Waals surface area contributed by atoms with Crippen LogP contribution in [0.3, 0.4) is 0 Å². The number of nitriles is 1. The molecule has 3 aliphatic rings. The fourth-order valence-electron chi connectivity index (χ4n) is 5.27. The zero-order chi connectivity index (χ0) is 19.4. The number of amides is 1. The van der Waals surface area contributed by atoms with E-state index in [9.17, 15) is 4.79 Å². The minimum atomic E-state index is -0.470. The fourth-order valence-corrected chi connectivity index (χ4v) is 5.27. The van der Waals surface area contributed by atoms with Crippen LogP contribution in [-0.2, 0) is 4.79 Å². The Labute approximate surface area is 168 Å². The topological polar surface area (TPSA) is 59.4 Å². The van der Waals surface area contributed by atoms with E-state index in [-0.39, 0.29) is 5.91 Å². The number of anilines is 1. The zero-order valence-electron chi connectivity index (χ0n) is 16.8. The smallest absolute Gasteiger partial charge is 0.248 e. The van der Waals surface area contributed by atoms with Crippen molar-refractivity contribution in [1.29, 1.82) is 5.26 Å². The molecule has 3 fully saturated rings. The van der Waals surface area contributed by atoms with E-state index in [1.54, 1.807) is 0 Å². The average molecular weight is 381 g/mol. The lowest BCUT2D eigenvalue weighted by Gasteiger charge is -2.41. The first-order valence-corrected chi connectivity index (χ1v) is 11.0. The molecule has 150 valence electrons. The van der Waals surface area contributed by atoms with Crippen molar-refractivity contribution >= 4 is 11.6 Å². The highest BCUT2D eigenvalue weighted by molar-refractivity contribution is 5.90. The third-order valence-corrected chi connectivity index (χ3v) is 6.91. The Morgan fingerprint density at radius 1 is 1.04 bits per heavy atom. The van der Waals surface area contributed by atoms with Crippen LogP contribution < -0.4 is 5.32 Å². The Kier molecular flexibility index (Phi) is 5.87. The maximum Gasteiger partial charge on any atom is 0.248 e. The maximum absolute atomic E-state index is 13.5. The van der Waals surface area contributed by atoms with Gasteiger partial charge >= 0.3 is 0 Å². The summed E-state index contributed by atoms with van der Waals surface area (Å²) in [6.07, 6.45) is 9.54. The van der Waals surface area contributed by atoms with Crippen LogP contribution in [0.2, 0.25) is 0 Å². The number of carbonyl (C=O) groups excluding carboxylic acids is 1. The van der Waals surface area contributed by atoms with Gasteiger partial charge in [0.15, 0.2) is 0 Å². The van der Waals surface area contributed by atoms with Gasteiger partial charge in [0.1, 0.15) is 5.54 Å². The second-order valence-corrected chi connectivity index (χ2v) is 8.85. The van der Waals surface area contributed by atoms with Crippen LogP contribution in [0.25, 0.3) is 0 Å². The van der Waals surface area contributed by atoms with E-state index in [1.165, 1.54) is 32.2 Å². The van der Waals surface area contributed by atoms with E-state index >= 15 is 0 Å². The van der Waals surface area contributed by atoms with E-state index in [2.05, 4.69) is 21.2 Å². The van der Waals surface area contributed by atoms with Gasteiger partial charge < -0.3 is 10.2 Å². The molecule has 1 amide bonds. The number of hydrogen-bond acceptors (Lipinski definition) is 4. The molecule has 0 aromatic heterocycles. The number of rotatable bonds is 5. The second kappa shape index (κ2) is 8.53. The number of carbonyl (C=O) groups is 1. The Hall–Kier alpha value is -2.06. The van der Waals surface area contributed by atoms with Crippen LogP contribution in [0.4, 0.5) is 5.69 Å². The van der Waals surface area contributed by atoms with Gasteiger partial charge in [0.05, 0.1) is 11.6 Å². The molecule has 1 aromatic carbocycles. The van der Waals surface area contributed by atoms with Crippen molar-refractivity contribution < 1.29 is 4.79 Å². The molecule has 0 unspecified atom stereocenters. The molecule has 0 atom stereocenters. The Morgan fingerprint density at radius 2 is 1.68 bits per heavy atom. The summed E-state index contributed by atoms with van der Waals surface area (Å²) in [6, 6.07) is 9.63. The van der Waals surface area contributed by atoms with E-state index in [1.807, 2.05) is 24.3 Å². The Balaban J connectivity index is 1.37. The van der Waals surface area contributed by atoms with E-state index in [0.29, 0.717) is 5.56 Å². The fraction of sp³-hybridized carbons (Fsp3) is 0.652. The lowest BCUT2D eigenvalue weighted by atomic mass is 9.94. The van der Waals surface area contributed by atoms with Crippen LogP contribution >= 0.6 is 0 Å². The largest absolute Gasteiger partial charge is 0.371 e. The van der Waals surface area contributed by atoms with Crippen molar-refractivity contribution in [3.8, 4) is 6.07 Å². The predicted molar refractivity (Wildman–Crippen MR) is 111 cm³/mol. The highest BCUT2D eigenvalue weighted by atomic mass is 16.2. The maximum atomic E-state index is 13.5. The van der Waals surface area contributed by atoms with Gasteiger partial charge in [-0.25, -0.2) is 0 Å². The molecule has 2 aliphatic carbocycles. The summed E-state index contributed by atoms with van der Waals surface area (Å²) >= 11 is 0. The van der Waals surface area contributed by atoms with Gasteiger partial charge in [-0.15, -0.1) is 0 Å². The van der Waals surface area contributed by atoms with Crippen molar-refractivity contribution in [1.82, 2.24) is 9.80 Å². The summed E-state index contributed by atoms with van der Waals surface area (Å²) < 4.78 is 0. The summed E-state index contributed by atoms with van der Waals surface area (Å²) in [7, 11) is 0. The molecule has 5 nitrogen and oxygen atoms in total. The van der Waals surface area contributed by atoms with Crippen molar-refractivity contribution in [2.45, 2.75) is 56.9 Å². The van der Waals surface area contributed by atoms with Crippen LogP contribution in [-0.4, -0.2) is 54.0 Å². The molecular formula is C23H32N4O. The predicted octanol–water partition coefficient (Wildman–Crippen LogP) is 3.62. The molecule has 2 saturated carbocycles. The number of nitrogens with one attached hydrogen (secondary N) is 1. The summed E-state index contributed by atoms with van der Waals surface area (Å²) in [4.78, 5) is 18.1. The van der Waals surface area contributed by atoms with Gasteiger partial charge in [0.25, 0.3) is 0 Å².